The topological polar surface area (TPSA) is 153 Å². The maximum Gasteiger partial charge on any atom is 0.227 e. The molecule has 2 aromatic rings. The van der Waals surface area contributed by atoms with Gasteiger partial charge in [0.15, 0.2) is 0 Å². The minimum atomic E-state index is 0. The molecule has 0 aromatic carbocycles. The van der Waals surface area contributed by atoms with Gasteiger partial charge in [-0.2, -0.15) is 19.9 Å². The molecule has 23 heavy (non-hydrogen) atoms. The van der Waals surface area contributed by atoms with Crippen molar-refractivity contribution >= 4 is 11.9 Å². The molecule has 0 amide bonds. The minimum absolute atomic E-state index is 0. The number of aryl methyl sites for hydroxylation is 4. The van der Waals surface area contributed by atoms with Crippen molar-refractivity contribution in [2.75, 3.05) is 24.0 Å². The average Bonchev–Trinajstić information content (AvgIpc) is 2.37. The molecule has 0 spiro atoms. The van der Waals surface area contributed by atoms with Crippen molar-refractivity contribution < 1.29 is 0 Å². The first-order valence-electron chi connectivity index (χ1n) is 6.71. The van der Waals surface area contributed by atoms with Crippen LogP contribution in [0, 0.1) is 27.7 Å². The van der Waals surface area contributed by atoms with Gasteiger partial charge in [-0.3, -0.25) is 0 Å². The first-order valence-corrected chi connectivity index (χ1v) is 6.71. The molecular formula is C13H26N10. The van der Waals surface area contributed by atoms with E-state index in [1.54, 1.807) is 0 Å². The summed E-state index contributed by atoms with van der Waals surface area (Å²) in [7, 11) is 0. The van der Waals surface area contributed by atoms with E-state index in [-0.39, 0.29) is 7.43 Å². The Labute approximate surface area is 136 Å². The summed E-state index contributed by atoms with van der Waals surface area (Å²) >= 11 is 0. The Morgan fingerprint density at radius 3 is 1.09 bits per heavy atom. The SMILES string of the molecule is C.Cc1nc(C)nc(NCN)n1.Cc1nc(C)nc(NCN)n1. The second-order valence-corrected chi connectivity index (χ2v) is 4.27. The van der Waals surface area contributed by atoms with Crippen molar-refractivity contribution in [3.05, 3.63) is 23.3 Å². The van der Waals surface area contributed by atoms with E-state index in [0.29, 0.717) is 48.5 Å². The fourth-order valence-corrected chi connectivity index (χ4v) is 1.57. The summed E-state index contributed by atoms with van der Waals surface area (Å²) in [5.41, 5.74) is 10.5. The summed E-state index contributed by atoms with van der Waals surface area (Å²) < 4.78 is 0. The molecule has 0 bridgehead atoms. The minimum Gasteiger partial charge on any atom is -0.342 e. The number of rotatable bonds is 4. The van der Waals surface area contributed by atoms with Crippen molar-refractivity contribution in [1.29, 1.82) is 0 Å². The van der Waals surface area contributed by atoms with Gasteiger partial charge < -0.3 is 22.1 Å². The first kappa shape index (κ1) is 20.5. The zero-order chi connectivity index (χ0) is 16.5. The van der Waals surface area contributed by atoms with E-state index < -0.39 is 0 Å². The lowest BCUT2D eigenvalue weighted by atomic mass is 10.6. The predicted octanol–water partition coefficient (Wildman–Crippen LogP) is 0.269. The smallest absolute Gasteiger partial charge is 0.227 e. The quantitative estimate of drug-likeness (QED) is 0.576. The Morgan fingerprint density at radius 2 is 0.870 bits per heavy atom. The fourth-order valence-electron chi connectivity index (χ4n) is 1.57. The molecule has 2 heterocycles. The number of nitrogens with two attached hydrogens (primary N) is 2. The van der Waals surface area contributed by atoms with Crippen LogP contribution in [0.15, 0.2) is 0 Å². The van der Waals surface area contributed by atoms with Crippen LogP contribution in [-0.4, -0.2) is 43.2 Å². The van der Waals surface area contributed by atoms with E-state index in [9.17, 15) is 0 Å². The fraction of sp³-hybridized carbons (Fsp3) is 0.538. The summed E-state index contributed by atoms with van der Waals surface area (Å²) in [6.07, 6.45) is 0. The Bertz CT molecular complexity index is 507. The van der Waals surface area contributed by atoms with Crippen molar-refractivity contribution in [2.45, 2.75) is 35.1 Å². The lowest BCUT2D eigenvalue weighted by Gasteiger charge is -2.01. The molecule has 0 saturated heterocycles. The highest BCUT2D eigenvalue weighted by molar-refractivity contribution is 5.23. The van der Waals surface area contributed by atoms with Gasteiger partial charge in [0, 0.05) is 0 Å². The zero-order valence-corrected chi connectivity index (χ0v) is 13.3. The molecule has 0 unspecified atom stereocenters. The van der Waals surface area contributed by atoms with Crippen LogP contribution in [0.2, 0.25) is 0 Å². The maximum absolute atomic E-state index is 5.25. The van der Waals surface area contributed by atoms with E-state index in [0.717, 1.165) is 0 Å². The van der Waals surface area contributed by atoms with Crippen molar-refractivity contribution in [2.24, 2.45) is 11.5 Å². The highest BCUT2D eigenvalue weighted by Gasteiger charge is 1.97. The molecule has 0 saturated carbocycles. The van der Waals surface area contributed by atoms with Crippen molar-refractivity contribution in [3.63, 3.8) is 0 Å². The van der Waals surface area contributed by atoms with Gasteiger partial charge in [0.05, 0.1) is 13.3 Å². The van der Waals surface area contributed by atoms with Gasteiger partial charge >= 0.3 is 0 Å². The molecular weight excluding hydrogens is 296 g/mol. The molecule has 0 fully saturated rings. The van der Waals surface area contributed by atoms with Crippen LogP contribution >= 0.6 is 0 Å². The van der Waals surface area contributed by atoms with Crippen molar-refractivity contribution in [3.8, 4) is 0 Å². The van der Waals surface area contributed by atoms with Crippen LogP contribution < -0.4 is 22.1 Å². The second-order valence-electron chi connectivity index (χ2n) is 4.27. The molecule has 0 radical (unpaired) electrons. The summed E-state index contributed by atoms with van der Waals surface area (Å²) in [5, 5.41) is 5.61. The molecule has 2 rings (SSSR count). The van der Waals surface area contributed by atoms with Gasteiger partial charge in [0.25, 0.3) is 0 Å². The molecule has 10 nitrogen and oxygen atoms in total. The third kappa shape index (κ3) is 7.93. The van der Waals surface area contributed by atoms with Crippen LogP contribution in [0.5, 0.6) is 0 Å². The Hall–Kier alpha value is -2.46. The summed E-state index contributed by atoms with van der Waals surface area (Å²) in [4.78, 5) is 24.1. The van der Waals surface area contributed by atoms with Gasteiger partial charge in [-0.05, 0) is 27.7 Å². The van der Waals surface area contributed by atoms with E-state index in [2.05, 4.69) is 40.5 Å². The third-order valence-corrected chi connectivity index (χ3v) is 2.24. The molecule has 6 N–H and O–H groups in total. The number of anilines is 2. The predicted molar refractivity (Wildman–Crippen MR) is 90.7 cm³/mol. The molecule has 0 aliphatic heterocycles. The number of hydrogen-bond acceptors (Lipinski definition) is 10. The number of nitrogens with zero attached hydrogens (tertiary/aromatic N) is 6. The standard InChI is InChI=1S/2C6H11N5.CH4/c2*1-4-9-5(2)11-6(10-4)8-3-7;/h2*3,7H2,1-2H3,(H,8,9,10,11);1H4. The summed E-state index contributed by atoms with van der Waals surface area (Å²) in [5.74, 6) is 3.89. The summed E-state index contributed by atoms with van der Waals surface area (Å²) in [6.45, 7) is 7.94. The first-order chi connectivity index (χ1) is 10.4. The maximum atomic E-state index is 5.25. The van der Waals surface area contributed by atoms with E-state index >= 15 is 0 Å². The average molecular weight is 322 g/mol. The Morgan fingerprint density at radius 1 is 0.609 bits per heavy atom. The molecule has 10 heteroatoms. The Balaban J connectivity index is 0.000000403. The van der Waals surface area contributed by atoms with E-state index in [1.807, 2.05) is 27.7 Å². The van der Waals surface area contributed by atoms with Crippen LogP contribution in [0.25, 0.3) is 0 Å². The molecule has 0 aliphatic carbocycles. The van der Waals surface area contributed by atoms with Crippen LogP contribution in [0.4, 0.5) is 11.9 Å². The largest absolute Gasteiger partial charge is 0.342 e. The van der Waals surface area contributed by atoms with Crippen molar-refractivity contribution in [1.82, 2.24) is 29.9 Å². The van der Waals surface area contributed by atoms with E-state index in [4.69, 9.17) is 11.5 Å². The third-order valence-electron chi connectivity index (χ3n) is 2.24. The number of aromatic nitrogens is 6. The number of nitrogens with one attached hydrogen (secondary N) is 2. The molecule has 0 aliphatic rings. The monoisotopic (exact) mass is 322 g/mol. The molecule has 2 aromatic heterocycles. The normalized spacial score (nSPS) is 9.30. The lowest BCUT2D eigenvalue weighted by Crippen LogP contribution is -2.14. The molecule has 0 atom stereocenters. The zero-order valence-electron chi connectivity index (χ0n) is 13.3. The summed E-state index contributed by atoms with van der Waals surface area (Å²) in [6, 6.07) is 0. The van der Waals surface area contributed by atoms with Crippen LogP contribution in [0.3, 0.4) is 0 Å². The Kier molecular flexibility index (Phi) is 9.20. The lowest BCUT2D eigenvalue weighted by molar-refractivity contribution is 0.909. The van der Waals surface area contributed by atoms with Gasteiger partial charge in [-0.1, -0.05) is 7.43 Å². The van der Waals surface area contributed by atoms with Gasteiger partial charge in [-0.15, -0.1) is 0 Å². The van der Waals surface area contributed by atoms with E-state index in [1.165, 1.54) is 0 Å². The van der Waals surface area contributed by atoms with Gasteiger partial charge in [0.2, 0.25) is 11.9 Å². The van der Waals surface area contributed by atoms with Gasteiger partial charge in [-0.25, -0.2) is 9.97 Å². The van der Waals surface area contributed by atoms with Crippen LogP contribution in [-0.2, 0) is 0 Å². The number of hydrogen-bond donors (Lipinski definition) is 4. The van der Waals surface area contributed by atoms with Crippen LogP contribution in [0.1, 0.15) is 30.7 Å². The highest BCUT2D eigenvalue weighted by atomic mass is 15.2. The molecule has 128 valence electrons. The highest BCUT2D eigenvalue weighted by Crippen LogP contribution is 1.98. The van der Waals surface area contributed by atoms with Gasteiger partial charge in [0.1, 0.15) is 23.3 Å². The second kappa shape index (κ2) is 10.3.